The van der Waals surface area contributed by atoms with Crippen LogP contribution in [0.25, 0.3) is 0 Å². The predicted octanol–water partition coefficient (Wildman–Crippen LogP) is 4.50. The van der Waals surface area contributed by atoms with Crippen molar-refractivity contribution in [1.82, 2.24) is 4.90 Å². The van der Waals surface area contributed by atoms with Gasteiger partial charge < -0.3 is 10.0 Å². The van der Waals surface area contributed by atoms with Crippen LogP contribution in [-0.4, -0.2) is 28.0 Å². The van der Waals surface area contributed by atoms with Crippen molar-refractivity contribution in [2.45, 2.75) is 76.3 Å². The Hall–Kier alpha value is -1.51. The summed E-state index contributed by atoms with van der Waals surface area (Å²) < 4.78 is 0. The number of phenols is 1. The normalized spacial score (nSPS) is 20.7. The van der Waals surface area contributed by atoms with Crippen LogP contribution in [0.5, 0.6) is 5.75 Å². The van der Waals surface area contributed by atoms with Gasteiger partial charge in [-0.2, -0.15) is 0 Å². The molecule has 0 bridgehead atoms. The molecule has 2 fully saturated rings. The third kappa shape index (κ3) is 3.45. The van der Waals surface area contributed by atoms with Gasteiger partial charge in [-0.05, 0) is 43.9 Å². The molecular formula is C19H27NO2. The number of nitrogens with zero attached hydrogens (tertiary/aromatic N) is 1. The van der Waals surface area contributed by atoms with Crippen LogP contribution < -0.4 is 0 Å². The second kappa shape index (κ2) is 7.17. The second-order valence-corrected chi connectivity index (χ2v) is 6.85. The van der Waals surface area contributed by atoms with Crippen LogP contribution in [0, 0.1) is 0 Å². The van der Waals surface area contributed by atoms with E-state index in [4.69, 9.17) is 0 Å². The number of phenolic OH excluding ortho intramolecular Hbond substituents is 1. The van der Waals surface area contributed by atoms with E-state index in [1.54, 1.807) is 18.2 Å². The smallest absolute Gasteiger partial charge is 0.254 e. The summed E-state index contributed by atoms with van der Waals surface area (Å²) in [4.78, 5) is 15.3. The molecular weight excluding hydrogens is 274 g/mol. The lowest BCUT2D eigenvalue weighted by Crippen LogP contribution is -2.48. The standard InChI is InChI=1S/C19H27NO2/c21-18-13-7-8-15(14-18)19(22)20(16-9-3-1-4-10-16)17-11-5-2-6-12-17/h7-8,13-14,16-17,21H,1-6,9-12H2. The van der Waals surface area contributed by atoms with Crippen LogP contribution in [0.3, 0.4) is 0 Å². The molecule has 3 rings (SSSR count). The molecule has 1 amide bonds. The third-order valence-corrected chi connectivity index (χ3v) is 5.26. The second-order valence-electron chi connectivity index (χ2n) is 6.85. The van der Waals surface area contributed by atoms with Gasteiger partial charge in [0, 0.05) is 17.6 Å². The molecule has 0 saturated heterocycles. The van der Waals surface area contributed by atoms with Gasteiger partial charge in [0.25, 0.3) is 5.91 Å². The van der Waals surface area contributed by atoms with E-state index in [9.17, 15) is 9.90 Å². The number of hydrogen-bond donors (Lipinski definition) is 1. The summed E-state index contributed by atoms with van der Waals surface area (Å²) in [6, 6.07) is 7.63. The lowest BCUT2D eigenvalue weighted by molar-refractivity contribution is 0.0448. The lowest BCUT2D eigenvalue weighted by atomic mass is 9.88. The highest BCUT2D eigenvalue weighted by molar-refractivity contribution is 5.95. The number of hydrogen-bond acceptors (Lipinski definition) is 2. The first-order valence-electron chi connectivity index (χ1n) is 8.87. The van der Waals surface area contributed by atoms with E-state index in [2.05, 4.69) is 4.90 Å². The molecule has 3 nitrogen and oxygen atoms in total. The van der Waals surface area contributed by atoms with Crippen molar-refractivity contribution in [3.05, 3.63) is 29.8 Å². The number of aromatic hydroxyl groups is 1. The molecule has 1 N–H and O–H groups in total. The molecule has 0 spiro atoms. The van der Waals surface area contributed by atoms with E-state index >= 15 is 0 Å². The summed E-state index contributed by atoms with van der Waals surface area (Å²) in [7, 11) is 0. The Morgan fingerprint density at radius 3 is 1.95 bits per heavy atom. The molecule has 120 valence electrons. The van der Waals surface area contributed by atoms with Gasteiger partial charge in [0.2, 0.25) is 0 Å². The lowest BCUT2D eigenvalue weighted by Gasteiger charge is -2.41. The Labute approximate surface area is 133 Å². The van der Waals surface area contributed by atoms with E-state index < -0.39 is 0 Å². The van der Waals surface area contributed by atoms with Gasteiger partial charge in [0.15, 0.2) is 0 Å². The van der Waals surface area contributed by atoms with E-state index in [0.717, 1.165) is 25.7 Å². The summed E-state index contributed by atoms with van der Waals surface area (Å²) >= 11 is 0. The maximum absolute atomic E-state index is 13.1. The maximum Gasteiger partial charge on any atom is 0.254 e. The molecule has 1 aromatic carbocycles. The van der Waals surface area contributed by atoms with Crippen molar-refractivity contribution >= 4 is 5.91 Å². The van der Waals surface area contributed by atoms with Crippen molar-refractivity contribution in [2.75, 3.05) is 0 Å². The summed E-state index contributed by atoms with van der Waals surface area (Å²) in [6.07, 6.45) is 12.1. The SMILES string of the molecule is O=C(c1cccc(O)c1)N(C1CCCCC1)C1CCCCC1. The maximum atomic E-state index is 13.1. The van der Waals surface area contributed by atoms with E-state index in [-0.39, 0.29) is 11.7 Å². The topological polar surface area (TPSA) is 40.5 Å². The van der Waals surface area contributed by atoms with Crippen LogP contribution in [0.4, 0.5) is 0 Å². The van der Waals surface area contributed by atoms with Crippen molar-refractivity contribution in [1.29, 1.82) is 0 Å². The number of benzene rings is 1. The zero-order valence-corrected chi connectivity index (χ0v) is 13.3. The number of amides is 1. The summed E-state index contributed by atoms with van der Waals surface area (Å²) in [5.41, 5.74) is 0.635. The molecule has 2 aliphatic rings. The molecule has 0 radical (unpaired) electrons. The quantitative estimate of drug-likeness (QED) is 0.893. The fourth-order valence-corrected chi connectivity index (χ4v) is 4.14. The molecule has 0 unspecified atom stereocenters. The average molecular weight is 301 g/mol. The zero-order chi connectivity index (χ0) is 15.4. The molecule has 2 aliphatic carbocycles. The minimum atomic E-state index is 0.120. The van der Waals surface area contributed by atoms with Crippen LogP contribution in [0.2, 0.25) is 0 Å². The van der Waals surface area contributed by atoms with Crippen LogP contribution in [-0.2, 0) is 0 Å². The molecule has 1 aromatic rings. The van der Waals surface area contributed by atoms with Crippen LogP contribution in [0.15, 0.2) is 24.3 Å². The molecule has 0 aliphatic heterocycles. The number of rotatable bonds is 3. The first kappa shape index (κ1) is 15.4. The molecule has 0 aromatic heterocycles. The van der Waals surface area contributed by atoms with E-state index in [0.29, 0.717) is 17.6 Å². The Balaban J connectivity index is 1.84. The van der Waals surface area contributed by atoms with Gasteiger partial charge in [-0.1, -0.05) is 44.6 Å². The van der Waals surface area contributed by atoms with Crippen molar-refractivity contribution in [3.8, 4) is 5.75 Å². The van der Waals surface area contributed by atoms with Crippen molar-refractivity contribution in [3.63, 3.8) is 0 Å². The van der Waals surface area contributed by atoms with Crippen LogP contribution >= 0.6 is 0 Å². The van der Waals surface area contributed by atoms with Gasteiger partial charge in [0.05, 0.1) is 0 Å². The van der Waals surface area contributed by atoms with Crippen molar-refractivity contribution in [2.24, 2.45) is 0 Å². The molecule has 0 atom stereocenters. The van der Waals surface area contributed by atoms with Gasteiger partial charge in [-0.3, -0.25) is 4.79 Å². The predicted molar refractivity (Wildman–Crippen MR) is 88.0 cm³/mol. The monoisotopic (exact) mass is 301 g/mol. The Morgan fingerprint density at radius 1 is 0.909 bits per heavy atom. The minimum Gasteiger partial charge on any atom is -0.508 e. The summed E-state index contributed by atoms with van der Waals surface area (Å²) in [6.45, 7) is 0. The number of carbonyl (C=O) groups excluding carboxylic acids is 1. The van der Waals surface area contributed by atoms with Gasteiger partial charge in [-0.15, -0.1) is 0 Å². The Morgan fingerprint density at radius 2 is 1.45 bits per heavy atom. The fraction of sp³-hybridized carbons (Fsp3) is 0.632. The van der Waals surface area contributed by atoms with E-state index in [1.165, 1.54) is 38.5 Å². The molecule has 2 saturated carbocycles. The summed E-state index contributed by atoms with van der Waals surface area (Å²) in [5, 5.41) is 9.69. The molecule has 3 heteroatoms. The Kier molecular flexibility index (Phi) is 5.01. The van der Waals surface area contributed by atoms with Gasteiger partial charge in [0.1, 0.15) is 5.75 Å². The number of carbonyl (C=O) groups is 1. The van der Waals surface area contributed by atoms with E-state index in [1.807, 2.05) is 6.07 Å². The van der Waals surface area contributed by atoms with Crippen molar-refractivity contribution < 1.29 is 9.90 Å². The fourth-order valence-electron chi connectivity index (χ4n) is 4.14. The Bertz CT molecular complexity index is 484. The molecule has 22 heavy (non-hydrogen) atoms. The highest BCUT2D eigenvalue weighted by atomic mass is 16.3. The average Bonchev–Trinajstić information content (AvgIpc) is 2.57. The largest absolute Gasteiger partial charge is 0.508 e. The minimum absolute atomic E-state index is 0.120. The highest BCUT2D eigenvalue weighted by Gasteiger charge is 2.32. The first-order valence-corrected chi connectivity index (χ1v) is 8.87. The first-order chi connectivity index (χ1) is 10.8. The highest BCUT2D eigenvalue weighted by Crippen LogP contribution is 2.31. The van der Waals surface area contributed by atoms with Crippen LogP contribution in [0.1, 0.15) is 74.6 Å². The zero-order valence-electron chi connectivity index (χ0n) is 13.3. The van der Waals surface area contributed by atoms with Gasteiger partial charge in [-0.25, -0.2) is 0 Å². The van der Waals surface area contributed by atoms with Gasteiger partial charge >= 0.3 is 0 Å². The third-order valence-electron chi connectivity index (χ3n) is 5.26. The summed E-state index contributed by atoms with van der Waals surface area (Å²) in [5.74, 6) is 0.299. The molecule has 0 heterocycles.